The van der Waals surface area contributed by atoms with Gasteiger partial charge in [0.15, 0.2) is 5.69 Å². The monoisotopic (exact) mass is 247 g/mol. The Hall–Kier alpha value is -1.37. The molecular formula is C6H6BrN3O3. The Morgan fingerprint density at radius 2 is 2.23 bits per heavy atom. The van der Waals surface area contributed by atoms with E-state index >= 15 is 0 Å². The molecule has 3 N–H and O–H groups in total. The first-order valence-electron chi connectivity index (χ1n) is 3.27. The van der Waals surface area contributed by atoms with Crippen molar-refractivity contribution in [3.8, 4) is 0 Å². The van der Waals surface area contributed by atoms with Gasteiger partial charge < -0.3 is 10.4 Å². The number of carbonyl (C=O) groups is 2. The van der Waals surface area contributed by atoms with Gasteiger partial charge in [-0.2, -0.15) is 5.10 Å². The van der Waals surface area contributed by atoms with E-state index < -0.39 is 5.97 Å². The van der Waals surface area contributed by atoms with Crippen LogP contribution in [0, 0.1) is 0 Å². The number of hydrogen-bond donors (Lipinski definition) is 3. The molecule has 1 amide bonds. The number of aromatic amines is 1. The van der Waals surface area contributed by atoms with Gasteiger partial charge in [0.25, 0.3) is 0 Å². The van der Waals surface area contributed by atoms with Crippen molar-refractivity contribution in [1.29, 1.82) is 0 Å². The minimum absolute atomic E-state index is 0.163. The van der Waals surface area contributed by atoms with Crippen LogP contribution in [0.5, 0.6) is 0 Å². The zero-order valence-electron chi connectivity index (χ0n) is 6.59. The fourth-order valence-electron chi connectivity index (χ4n) is 0.729. The fourth-order valence-corrected chi connectivity index (χ4v) is 1.17. The van der Waals surface area contributed by atoms with Crippen molar-refractivity contribution >= 4 is 33.6 Å². The molecule has 1 aromatic rings. The second kappa shape index (κ2) is 3.56. The summed E-state index contributed by atoms with van der Waals surface area (Å²) in [7, 11) is 0. The number of halogens is 1. The normalized spacial score (nSPS) is 9.69. The number of carboxylic acids is 1. The minimum atomic E-state index is -1.17. The van der Waals surface area contributed by atoms with Crippen LogP contribution in [0.15, 0.2) is 4.47 Å². The van der Waals surface area contributed by atoms with Gasteiger partial charge in [0.05, 0.1) is 4.47 Å². The van der Waals surface area contributed by atoms with Crippen LogP contribution in [-0.2, 0) is 4.79 Å². The number of rotatable bonds is 2. The highest BCUT2D eigenvalue weighted by Gasteiger charge is 2.16. The van der Waals surface area contributed by atoms with Crippen LogP contribution in [0.2, 0.25) is 0 Å². The summed E-state index contributed by atoms with van der Waals surface area (Å²) in [5.41, 5.74) is -0.163. The number of H-pyrrole nitrogens is 1. The molecular weight excluding hydrogens is 242 g/mol. The molecule has 1 heterocycles. The maximum Gasteiger partial charge on any atom is 0.357 e. The summed E-state index contributed by atoms with van der Waals surface area (Å²) in [5.74, 6) is -1.23. The fraction of sp³-hybridized carbons (Fsp3) is 0.167. The second-order valence-corrected chi connectivity index (χ2v) is 3.04. The molecule has 1 aromatic heterocycles. The highest BCUT2D eigenvalue weighted by molar-refractivity contribution is 9.10. The largest absolute Gasteiger partial charge is 0.476 e. The molecule has 13 heavy (non-hydrogen) atoms. The lowest BCUT2D eigenvalue weighted by atomic mass is 10.4. The smallest absolute Gasteiger partial charge is 0.357 e. The molecule has 0 saturated carbocycles. The lowest BCUT2D eigenvalue weighted by Gasteiger charge is -1.96. The van der Waals surface area contributed by atoms with E-state index in [-0.39, 0.29) is 21.9 Å². The summed E-state index contributed by atoms with van der Waals surface area (Å²) >= 11 is 2.99. The molecule has 0 spiro atoms. The highest BCUT2D eigenvalue weighted by atomic mass is 79.9. The van der Waals surface area contributed by atoms with Gasteiger partial charge in [-0.05, 0) is 15.9 Å². The molecule has 7 heteroatoms. The molecule has 0 fully saturated rings. The van der Waals surface area contributed by atoms with Crippen LogP contribution in [0.1, 0.15) is 17.4 Å². The van der Waals surface area contributed by atoms with Gasteiger partial charge in [-0.15, -0.1) is 0 Å². The van der Waals surface area contributed by atoms with Crippen molar-refractivity contribution in [1.82, 2.24) is 10.2 Å². The van der Waals surface area contributed by atoms with Crippen LogP contribution in [-0.4, -0.2) is 27.2 Å². The van der Waals surface area contributed by atoms with Gasteiger partial charge in [-0.25, -0.2) is 4.79 Å². The van der Waals surface area contributed by atoms with Crippen molar-refractivity contribution < 1.29 is 14.7 Å². The van der Waals surface area contributed by atoms with E-state index in [4.69, 9.17) is 5.11 Å². The van der Waals surface area contributed by atoms with E-state index in [1.165, 1.54) is 6.92 Å². The maximum absolute atomic E-state index is 10.6. The van der Waals surface area contributed by atoms with Crippen molar-refractivity contribution in [2.75, 3.05) is 5.32 Å². The number of amides is 1. The van der Waals surface area contributed by atoms with Crippen molar-refractivity contribution in [2.24, 2.45) is 0 Å². The first-order valence-corrected chi connectivity index (χ1v) is 4.06. The highest BCUT2D eigenvalue weighted by Crippen LogP contribution is 2.23. The number of hydrogen-bond acceptors (Lipinski definition) is 3. The third-order valence-corrected chi connectivity index (χ3v) is 1.98. The number of carbonyl (C=O) groups excluding carboxylic acids is 1. The Bertz CT molecular complexity index is 360. The average Bonchev–Trinajstić information content (AvgIpc) is 2.32. The minimum Gasteiger partial charge on any atom is -0.476 e. The van der Waals surface area contributed by atoms with Gasteiger partial charge in [0.1, 0.15) is 5.82 Å². The van der Waals surface area contributed by atoms with Gasteiger partial charge in [-0.1, -0.05) is 0 Å². The average molecular weight is 248 g/mol. The molecule has 0 aliphatic rings. The molecule has 0 atom stereocenters. The summed E-state index contributed by atoms with van der Waals surface area (Å²) in [6, 6.07) is 0. The number of nitrogens with one attached hydrogen (secondary N) is 2. The molecule has 0 aliphatic carbocycles. The molecule has 1 rings (SSSR count). The second-order valence-electron chi connectivity index (χ2n) is 2.25. The lowest BCUT2D eigenvalue weighted by molar-refractivity contribution is -0.114. The van der Waals surface area contributed by atoms with E-state index in [9.17, 15) is 9.59 Å². The van der Waals surface area contributed by atoms with E-state index in [1.807, 2.05) is 0 Å². The van der Waals surface area contributed by atoms with Crippen LogP contribution >= 0.6 is 15.9 Å². The Morgan fingerprint density at radius 3 is 2.62 bits per heavy atom. The number of aromatic nitrogens is 2. The summed E-state index contributed by atoms with van der Waals surface area (Å²) in [6.07, 6.45) is 0. The lowest BCUT2D eigenvalue weighted by Crippen LogP contribution is -2.06. The topological polar surface area (TPSA) is 95.1 Å². The Morgan fingerprint density at radius 1 is 1.62 bits per heavy atom. The molecule has 70 valence electrons. The Balaban J connectivity index is 2.99. The quantitative estimate of drug-likeness (QED) is 0.722. The predicted molar refractivity (Wildman–Crippen MR) is 47.6 cm³/mol. The van der Waals surface area contributed by atoms with Gasteiger partial charge in [0.2, 0.25) is 5.91 Å². The van der Waals surface area contributed by atoms with Crippen LogP contribution in [0.25, 0.3) is 0 Å². The maximum atomic E-state index is 10.6. The summed E-state index contributed by atoms with van der Waals surface area (Å²) in [4.78, 5) is 21.1. The van der Waals surface area contributed by atoms with Crippen molar-refractivity contribution in [3.63, 3.8) is 0 Å². The van der Waals surface area contributed by atoms with Crippen molar-refractivity contribution in [3.05, 3.63) is 10.2 Å². The number of nitrogens with zero attached hydrogens (tertiary/aromatic N) is 1. The Kier molecular flexibility index (Phi) is 2.66. The predicted octanol–water partition coefficient (Wildman–Crippen LogP) is 0.829. The summed E-state index contributed by atoms with van der Waals surface area (Å²) in [6.45, 7) is 1.31. The molecule has 6 nitrogen and oxygen atoms in total. The van der Waals surface area contributed by atoms with E-state index in [2.05, 4.69) is 31.4 Å². The van der Waals surface area contributed by atoms with Gasteiger partial charge in [-0.3, -0.25) is 9.89 Å². The molecule has 0 radical (unpaired) electrons. The van der Waals surface area contributed by atoms with Crippen LogP contribution in [0.3, 0.4) is 0 Å². The van der Waals surface area contributed by atoms with Crippen molar-refractivity contribution in [2.45, 2.75) is 6.92 Å². The third-order valence-electron chi connectivity index (χ3n) is 1.21. The van der Waals surface area contributed by atoms with E-state index in [0.717, 1.165) is 0 Å². The third kappa shape index (κ3) is 2.05. The van der Waals surface area contributed by atoms with Crippen LogP contribution in [0.4, 0.5) is 5.82 Å². The van der Waals surface area contributed by atoms with Gasteiger partial charge in [0, 0.05) is 6.92 Å². The molecule has 0 aromatic carbocycles. The standard InChI is InChI=1S/C6H6BrN3O3/c1-2(11)8-5-3(7)4(6(12)13)9-10-5/h1H3,(H,12,13)(H2,8,9,10,11). The zero-order chi connectivity index (χ0) is 10.0. The zero-order valence-corrected chi connectivity index (χ0v) is 8.17. The Labute approximate surface area is 81.5 Å². The first kappa shape index (κ1) is 9.72. The van der Waals surface area contributed by atoms with E-state index in [0.29, 0.717) is 0 Å². The summed E-state index contributed by atoms with van der Waals surface area (Å²) in [5, 5.41) is 16.8. The van der Waals surface area contributed by atoms with Crippen LogP contribution < -0.4 is 5.32 Å². The SMILES string of the molecule is CC(=O)Nc1[nH]nc(C(=O)O)c1Br. The number of aromatic carboxylic acids is 1. The number of anilines is 1. The van der Waals surface area contributed by atoms with Gasteiger partial charge >= 0.3 is 5.97 Å². The van der Waals surface area contributed by atoms with E-state index in [1.54, 1.807) is 0 Å². The molecule has 0 bridgehead atoms. The molecule has 0 unspecified atom stereocenters. The summed E-state index contributed by atoms with van der Waals surface area (Å²) < 4.78 is 0.232. The molecule has 0 aliphatic heterocycles. The first-order chi connectivity index (χ1) is 6.02. The molecule has 0 saturated heterocycles. The number of carboxylic acid groups (broad SMARTS) is 1.